The second-order valence-electron chi connectivity index (χ2n) is 10.3. The average molecular weight is 628 g/mol. The van der Waals surface area contributed by atoms with Crippen LogP contribution >= 0.6 is 11.3 Å². The lowest BCUT2D eigenvalue weighted by molar-refractivity contribution is -0.136. The Morgan fingerprint density at radius 2 is 1.73 bits per heavy atom. The first kappa shape index (κ1) is 29.7. The number of anilines is 1. The lowest BCUT2D eigenvalue weighted by Gasteiger charge is -2.25. The highest BCUT2D eigenvalue weighted by Gasteiger charge is 2.37. The molecule has 45 heavy (non-hydrogen) atoms. The van der Waals surface area contributed by atoms with Gasteiger partial charge in [0.25, 0.3) is 11.5 Å². The highest BCUT2D eigenvalue weighted by molar-refractivity contribution is 7.07. The number of allylic oxidation sites excluding steroid dienone is 1. The largest absolute Gasteiger partial charge is 0.493 e. The number of hydrogen-bond donors (Lipinski definition) is 0. The summed E-state index contributed by atoms with van der Waals surface area (Å²) < 4.78 is 31.9. The lowest BCUT2D eigenvalue weighted by atomic mass is 9.95. The number of nitrogens with zero attached hydrogens (tertiary/aromatic N) is 3. The van der Waals surface area contributed by atoms with Crippen molar-refractivity contribution in [1.82, 2.24) is 4.57 Å². The van der Waals surface area contributed by atoms with Crippen LogP contribution in [0, 0.1) is 5.82 Å². The fourth-order valence-corrected chi connectivity index (χ4v) is 6.74. The molecule has 2 aliphatic rings. The summed E-state index contributed by atoms with van der Waals surface area (Å²) in [7, 11) is 2.63. The summed E-state index contributed by atoms with van der Waals surface area (Å²) in [4.78, 5) is 59.5. The molecule has 0 radical (unpaired) electrons. The normalized spacial score (nSPS) is 16.6. The summed E-state index contributed by atoms with van der Waals surface area (Å²) in [6, 6.07) is 16.9. The Bertz CT molecular complexity index is 2130. The van der Waals surface area contributed by atoms with Crippen molar-refractivity contribution in [3.63, 3.8) is 0 Å². The Kier molecular flexibility index (Phi) is 7.67. The van der Waals surface area contributed by atoms with Crippen molar-refractivity contribution in [1.29, 1.82) is 0 Å². The fraction of sp³-hybridized carbons (Fsp3) is 0.182. The SMILES string of the molecule is COC(=O)C1=C(C)N=c2s/c(=C3\C(=O)N(Cc4ccccc4F)c4ccccc43)c(=O)n2C1c1ccc(OC(C)=O)c(OC)c1. The van der Waals surface area contributed by atoms with Gasteiger partial charge >= 0.3 is 11.9 Å². The molecule has 0 saturated carbocycles. The number of benzene rings is 3. The van der Waals surface area contributed by atoms with Crippen LogP contribution in [0.3, 0.4) is 0 Å². The van der Waals surface area contributed by atoms with Gasteiger partial charge in [0.15, 0.2) is 16.3 Å². The number of aromatic nitrogens is 1. The molecule has 1 amide bonds. The van der Waals surface area contributed by atoms with Crippen molar-refractivity contribution in [2.45, 2.75) is 26.4 Å². The van der Waals surface area contributed by atoms with Crippen LogP contribution in [0.5, 0.6) is 11.5 Å². The smallest absolute Gasteiger partial charge is 0.338 e. The van der Waals surface area contributed by atoms with Crippen LogP contribution in [0.2, 0.25) is 0 Å². The summed E-state index contributed by atoms with van der Waals surface area (Å²) in [6.07, 6.45) is 0. The van der Waals surface area contributed by atoms with Gasteiger partial charge in [0, 0.05) is 18.1 Å². The molecule has 0 bridgehead atoms. The second-order valence-corrected chi connectivity index (χ2v) is 11.3. The number of thiazole rings is 1. The van der Waals surface area contributed by atoms with Gasteiger partial charge in [0.2, 0.25) is 0 Å². The molecule has 12 heteroatoms. The van der Waals surface area contributed by atoms with Crippen LogP contribution in [-0.4, -0.2) is 36.6 Å². The number of methoxy groups -OCH3 is 2. The fourth-order valence-electron chi connectivity index (χ4n) is 5.61. The number of carbonyl (C=O) groups excluding carboxylic acids is 3. The van der Waals surface area contributed by atoms with Crippen molar-refractivity contribution < 1.29 is 33.0 Å². The Balaban J connectivity index is 1.57. The number of hydrogen-bond acceptors (Lipinski definition) is 9. The van der Waals surface area contributed by atoms with Crippen molar-refractivity contribution >= 4 is 40.4 Å². The minimum Gasteiger partial charge on any atom is -0.493 e. The van der Waals surface area contributed by atoms with Crippen molar-refractivity contribution in [3.8, 4) is 11.5 Å². The van der Waals surface area contributed by atoms with E-state index < -0.39 is 35.3 Å². The molecule has 2 aliphatic heterocycles. The third-order valence-corrected chi connectivity index (χ3v) is 8.65. The van der Waals surface area contributed by atoms with Gasteiger partial charge in [0.1, 0.15) is 10.3 Å². The molecule has 0 N–H and O–H groups in total. The predicted molar refractivity (Wildman–Crippen MR) is 163 cm³/mol. The number of halogens is 1. The van der Waals surface area contributed by atoms with Crippen molar-refractivity contribution in [2.75, 3.05) is 19.1 Å². The van der Waals surface area contributed by atoms with Gasteiger partial charge in [-0.3, -0.25) is 19.0 Å². The van der Waals surface area contributed by atoms with Gasteiger partial charge in [-0.1, -0.05) is 53.8 Å². The second kappa shape index (κ2) is 11.6. The molecule has 228 valence electrons. The van der Waals surface area contributed by atoms with E-state index in [1.807, 2.05) is 0 Å². The molecule has 0 saturated heterocycles. The van der Waals surface area contributed by atoms with Gasteiger partial charge in [-0.15, -0.1) is 0 Å². The number of para-hydroxylation sites is 1. The molecule has 3 aromatic carbocycles. The van der Waals surface area contributed by atoms with Crippen LogP contribution in [-0.2, 0) is 25.7 Å². The van der Waals surface area contributed by atoms with E-state index in [4.69, 9.17) is 14.2 Å². The molecule has 6 rings (SSSR count). The zero-order valence-corrected chi connectivity index (χ0v) is 25.4. The summed E-state index contributed by atoms with van der Waals surface area (Å²) in [5.41, 5.74) is 1.90. The number of esters is 2. The highest BCUT2D eigenvalue weighted by Crippen LogP contribution is 2.38. The van der Waals surface area contributed by atoms with Crippen LogP contribution in [0.1, 0.15) is 36.6 Å². The maximum Gasteiger partial charge on any atom is 0.338 e. The molecular weight excluding hydrogens is 601 g/mol. The Morgan fingerprint density at radius 1 is 1.00 bits per heavy atom. The van der Waals surface area contributed by atoms with Gasteiger partial charge in [-0.25, -0.2) is 14.2 Å². The third-order valence-electron chi connectivity index (χ3n) is 7.60. The first-order valence-corrected chi connectivity index (χ1v) is 14.6. The molecule has 1 aromatic heterocycles. The highest BCUT2D eigenvalue weighted by atomic mass is 32.1. The van der Waals surface area contributed by atoms with E-state index in [-0.39, 0.29) is 38.5 Å². The maximum atomic E-state index is 14.6. The third kappa shape index (κ3) is 5.02. The summed E-state index contributed by atoms with van der Waals surface area (Å²) in [5, 5.41) is 0. The maximum absolute atomic E-state index is 14.6. The number of fused-ring (bicyclic) bond motifs is 2. The number of carbonyl (C=O) groups is 3. The lowest BCUT2D eigenvalue weighted by Crippen LogP contribution is -2.40. The minimum absolute atomic E-state index is 0.0347. The monoisotopic (exact) mass is 627 g/mol. The van der Waals surface area contributed by atoms with Gasteiger partial charge < -0.3 is 19.1 Å². The van der Waals surface area contributed by atoms with Gasteiger partial charge in [0.05, 0.1) is 49.3 Å². The first-order chi connectivity index (χ1) is 21.6. The Labute approximate surface area is 259 Å². The van der Waals surface area contributed by atoms with E-state index in [0.29, 0.717) is 28.1 Å². The summed E-state index contributed by atoms with van der Waals surface area (Å²) in [6.45, 7) is 2.86. The molecule has 0 spiro atoms. The predicted octanol–water partition coefficient (Wildman–Crippen LogP) is 3.40. The molecule has 10 nitrogen and oxygen atoms in total. The van der Waals surface area contributed by atoms with E-state index >= 15 is 0 Å². The van der Waals surface area contributed by atoms with Gasteiger partial charge in [-0.05, 0) is 36.8 Å². The standard InChI is InChI=1S/C33H26FN3O7S/c1-17-26(32(41)43-4)28(19-13-14-24(44-18(2)38)25(15-19)42-3)37-31(40)29(45-33(37)35-17)27-21-10-6-8-12-23(21)36(30(27)39)16-20-9-5-7-11-22(20)34/h5-15,28H,16H2,1-4H3/b29-27-. The Morgan fingerprint density at radius 3 is 2.44 bits per heavy atom. The molecule has 4 aromatic rings. The van der Waals surface area contributed by atoms with E-state index in [2.05, 4.69) is 4.99 Å². The number of rotatable bonds is 6. The van der Waals surface area contributed by atoms with E-state index in [1.165, 1.54) is 42.7 Å². The molecule has 1 unspecified atom stereocenters. The molecule has 3 heterocycles. The Hall–Kier alpha value is -5.36. The van der Waals surface area contributed by atoms with Gasteiger partial charge in [-0.2, -0.15) is 0 Å². The molecule has 0 aliphatic carbocycles. The van der Waals surface area contributed by atoms with Crippen molar-refractivity contribution in [3.05, 3.63) is 120 Å². The molecular formula is C33H26FN3O7S. The van der Waals surface area contributed by atoms with Crippen LogP contribution < -0.4 is 29.3 Å². The zero-order valence-electron chi connectivity index (χ0n) is 24.6. The topological polar surface area (TPSA) is 117 Å². The minimum atomic E-state index is -1.01. The van der Waals surface area contributed by atoms with E-state index in [1.54, 1.807) is 61.5 Å². The number of ether oxygens (including phenoxy) is 3. The quantitative estimate of drug-likeness (QED) is 0.238. The molecule has 0 fully saturated rings. The first-order valence-electron chi connectivity index (χ1n) is 13.8. The summed E-state index contributed by atoms with van der Waals surface area (Å²) >= 11 is 1.02. The summed E-state index contributed by atoms with van der Waals surface area (Å²) in [5.74, 6) is -1.79. The van der Waals surface area contributed by atoms with E-state index in [9.17, 15) is 23.6 Å². The van der Waals surface area contributed by atoms with Crippen LogP contribution in [0.4, 0.5) is 10.1 Å². The van der Waals surface area contributed by atoms with Crippen molar-refractivity contribution in [2.24, 2.45) is 4.99 Å². The van der Waals surface area contributed by atoms with Crippen LogP contribution in [0.15, 0.2) is 87.8 Å². The zero-order chi connectivity index (χ0) is 32.0. The molecule has 1 atom stereocenters. The number of amides is 1. The van der Waals surface area contributed by atoms with Crippen LogP contribution in [0.25, 0.3) is 5.57 Å². The average Bonchev–Trinajstić information content (AvgIpc) is 3.49. The van der Waals surface area contributed by atoms with E-state index in [0.717, 1.165) is 11.3 Å².